The van der Waals surface area contributed by atoms with Crippen molar-refractivity contribution in [3.05, 3.63) is 0 Å². The van der Waals surface area contributed by atoms with Crippen LogP contribution in [-0.4, -0.2) is 31.6 Å². The summed E-state index contributed by atoms with van der Waals surface area (Å²) in [6.45, 7) is 4.49. The molecule has 0 aliphatic rings. The maximum Gasteiger partial charge on any atom is 0.305 e. The number of nitrogens with two attached hydrogens (primary N) is 1. The number of hydrogen-bond acceptors (Lipinski definition) is 4. The van der Waals surface area contributed by atoms with Crippen LogP contribution in [-0.2, 0) is 14.3 Å². The maximum atomic E-state index is 11.4. The van der Waals surface area contributed by atoms with Gasteiger partial charge in [0.1, 0.15) is 0 Å². The van der Waals surface area contributed by atoms with Crippen LogP contribution in [0.4, 0.5) is 0 Å². The van der Waals surface area contributed by atoms with Crippen LogP contribution in [0.5, 0.6) is 0 Å². The fourth-order valence-electron chi connectivity index (χ4n) is 1.29. The van der Waals surface area contributed by atoms with Gasteiger partial charge in [-0.3, -0.25) is 9.59 Å². The fraction of sp³-hybridized carbons (Fsp3) is 0.818. The summed E-state index contributed by atoms with van der Waals surface area (Å²) in [5.41, 5.74) is 5.68. The monoisotopic (exact) mass is 266 g/mol. The lowest BCUT2D eigenvalue weighted by Crippen LogP contribution is -2.41. The molecule has 0 fully saturated rings. The van der Waals surface area contributed by atoms with E-state index in [0.717, 1.165) is 0 Å². The number of carbonyl (C=O) groups excluding carboxylic acids is 2. The van der Waals surface area contributed by atoms with E-state index in [2.05, 4.69) is 10.1 Å². The first kappa shape index (κ1) is 18.6. The van der Waals surface area contributed by atoms with Crippen molar-refractivity contribution >= 4 is 24.3 Å². The van der Waals surface area contributed by atoms with Gasteiger partial charge in [0.15, 0.2) is 0 Å². The molecule has 0 aromatic heterocycles. The number of ether oxygens (including phenoxy) is 1. The molecule has 1 atom stereocenters. The van der Waals surface area contributed by atoms with Crippen LogP contribution in [0.25, 0.3) is 0 Å². The van der Waals surface area contributed by atoms with Crippen LogP contribution in [0.1, 0.15) is 33.1 Å². The van der Waals surface area contributed by atoms with E-state index in [-0.39, 0.29) is 24.3 Å². The molecule has 3 N–H and O–H groups in total. The van der Waals surface area contributed by atoms with Crippen LogP contribution in [0, 0.1) is 5.92 Å². The summed E-state index contributed by atoms with van der Waals surface area (Å²) < 4.78 is 4.48. The van der Waals surface area contributed by atoms with Crippen LogP contribution in [0.3, 0.4) is 0 Å². The number of carbonyl (C=O) groups is 2. The second kappa shape index (κ2) is 10.4. The smallest absolute Gasteiger partial charge is 0.305 e. The van der Waals surface area contributed by atoms with Gasteiger partial charge >= 0.3 is 5.97 Å². The molecule has 0 rings (SSSR count). The molecule has 0 heterocycles. The van der Waals surface area contributed by atoms with E-state index in [9.17, 15) is 9.59 Å². The van der Waals surface area contributed by atoms with Crippen molar-refractivity contribution in [2.45, 2.75) is 39.2 Å². The summed E-state index contributed by atoms with van der Waals surface area (Å²) in [6, 6.07) is -0.460. The molecule has 0 aliphatic heterocycles. The molecule has 5 nitrogen and oxygen atoms in total. The van der Waals surface area contributed by atoms with E-state index < -0.39 is 6.04 Å². The lowest BCUT2D eigenvalue weighted by Gasteiger charge is -2.13. The van der Waals surface area contributed by atoms with Gasteiger partial charge in [-0.05, 0) is 18.8 Å². The third kappa shape index (κ3) is 10.1. The first-order valence-electron chi connectivity index (χ1n) is 5.57. The zero-order valence-corrected chi connectivity index (χ0v) is 11.5. The van der Waals surface area contributed by atoms with E-state index in [1.807, 2.05) is 13.8 Å². The Bertz CT molecular complexity index is 235. The largest absolute Gasteiger partial charge is 0.469 e. The Morgan fingerprint density at radius 1 is 1.35 bits per heavy atom. The Morgan fingerprint density at radius 3 is 2.41 bits per heavy atom. The van der Waals surface area contributed by atoms with E-state index >= 15 is 0 Å². The molecule has 0 radical (unpaired) electrons. The van der Waals surface area contributed by atoms with Crippen LogP contribution in [0.2, 0.25) is 0 Å². The molecular weight excluding hydrogens is 244 g/mol. The van der Waals surface area contributed by atoms with Gasteiger partial charge < -0.3 is 15.8 Å². The molecule has 1 amide bonds. The van der Waals surface area contributed by atoms with Gasteiger partial charge in [0.25, 0.3) is 0 Å². The Morgan fingerprint density at radius 2 is 1.94 bits per heavy atom. The lowest BCUT2D eigenvalue weighted by molar-refractivity contribution is -0.140. The molecule has 0 spiro atoms. The molecule has 102 valence electrons. The second-order valence-electron chi connectivity index (χ2n) is 4.21. The van der Waals surface area contributed by atoms with Gasteiger partial charge in [-0.2, -0.15) is 0 Å². The number of esters is 1. The maximum absolute atomic E-state index is 11.4. The number of hydrogen-bond donors (Lipinski definition) is 2. The SMILES string of the molecule is COC(=O)CCCNC(=O)[C@@H](N)CC(C)C.Cl. The van der Waals surface area contributed by atoms with Crippen LogP contribution >= 0.6 is 12.4 Å². The quantitative estimate of drug-likeness (QED) is 0.529. The first-order valence-corrected chi connectivity index (χ1v) is 5.57. The third-order valence-corrected chi connectivity index (χ3v) is 2.15. The Labute approximate surface area is 109 Å². The normalized spacial score (nSPS) is 11.6. The molecule has 0 aromatic rings. The highest BCUT2D eigenvalue weighted by Crippen LogP contribution is 2.02. The minimum Gasteiger partial charge on any atom is -0.469 e. The standard InChI is InChI=1S/C11H22N2O3.ClH/c1-8(2)7-9(12)11(15)13-6-4-5-10(14)16-3;/h8-9H,4-7,12H2,1-3H3,(H,13,15);1H/t9-;/m0./s1. The number of rotatable bonds is 7. The van der Waals surface area contributed by atoms with E-state index in [0.29, 0.717) is 31.7 Å². The highest BCUT2D eigenvalue weighted by atomic mass is 35.5. The molecule has 0 aliphatic carbocycles. The summed E-state index contributed by atoms with van der Waals surface area (Å²) in [5.74, 6) is -0.0184. The molecule has 0 bridgehead atoms. The Balaban J connectivity index is 0. The number of nitrogens with one attached hydrogen (secondary N) is 1. The summed E-state index contributed by atoms with van der Waals surface area (Å²) >= 11 is 0. The third-order valence-electron chi connectivity index (χ3n) is 2.15. The number of methoxy groups -OCH3 is 1. The lowest BCUT2D eigenvalue weighted by atomic mass is 10.0. The van der Waals surface area contributed by atoms with E-state index in [1.54, 1.807) is 0 Å². The van der Waals surface area contributed by atoms with Crippen molar-refractivity contribution in [3.63, 3.8) is 0 Å². The zero-order valence-electron chi connectivity index (χ0n) is 10.7. The molecule has 6 heteroatoms. The van der Waals surface area contributed by atoms with Crippen molar-refractivity contribution in [2.24, 2.45) is 11.7 Å². The molecule has 0 unspecified atom stereocenters. The molecule has 0 saturated carbocycles. The van der Waals surface area contributed by atoms with Gasteiger partial charge in [0.05, 0.1) is 13.2 Å². The van der Waals surface area contributed by atoms with Crippen LogP contribution < -0.4 is 11.1 Å². The molecule has 0 saturated heterocycles. The van der Waals surface area contributed by atoms with Crippen molar-refractivity contribution < 1.29 is 14.3 Å². The Hall–Kier alpha value is -0.810. The van der Waals surface area contributed by atoms with Gasteiger partial charge in [-0.1, -0.05) is 13.8 Å². The van der Waals surface area contributed by atoms with Gasteiger partial charge in [-0.15, -0.1) is 12.4 Å². The predicted octanol–water partition coefficient (Wildman–Crippen LogP) is 0.851. The van der Waals surface area contributed by atoms with Crippen molar-refractivity contribution in [2.75, 3.05) is 13.7 Å². The first-order chi connectivity index (χ1) is 7.47. The molecule has 17 heavy (non-hydrogen) atoms. The second-order valence-corrected chi connectivity index (χ2v) is 4.21. The Kier molecular flexibility index (Phi) is 11.3. The number of amides is 1. The van der Waals surface area contributed by atoms with Gasteiger partial charge in [0, 0.05) is 13.0 Å². The van der Waals surface area contributed by atoms with Crippen molar-refractivity contribution in [3.8, 4) is 0 Å². The average molecular weight is 267 g/mol. The highest BCUT2D eigenvalue weighted by Gasteiger charge is 2.14. The van der Waals surface area contributed by atoms with Crippen LogP contribution in [0.15, 0.2) is 0 Å². The minimum absolute atomic E-state index is 0. The van der Waals surface area contributed by atoms with E-state index in [1.165, 1.54) is 7.11 Å². The predicted molar refractivity (Wildman–Crippen MR) is 68.9 cm³/mol. The molecule has 0 aromatic carbocycles. The van der Waals surface area contributed by atoms with Crippen molar-refractivity contribution in [1.82, 2.24) is 5.32 Å². The summed E-state index contributed by atoms with van der Waals surface area (Å²) in [5, 5.41) is 2.70. The summed E-state index contributed by atoms with van der Waals surface area (Å²) in [7, 11) is 1.35. The van der Waals surface area contributed by atoms with Gasteiger partial charge in [0.2, 0.25) is 5.91 Å². The topological polar surface area (TPSA) is 81.4 Å². The minimum atomic E-state index is -0.460. The summed E-state index contributed by atoms with van der Waals surface area (Å²) in [4.78, 5) is 22.2. The highest BCUT2D eigenvalue weighted by molar-refractivity contribution is 5.85. The molecular formula is C11H23ClN2O3. The zero-order chi connectivity index (χ0) is 12.6. The summed E-state index contributed by atoms with van der Waals surface area (Å²) in [6.07, 6.45) is 1.56. The number of halogens is 1. The average Bonchev–Trinajstić information content (AvgIpc) is 2.22. The van der Waals surface area contributed by atoms with Gasteiger partial charge in [-0.25, -0.2) is 0 Å². The fourth-order valence-corrected chi connectivity index (χ4v) is 1.29. The van der Waals surface area contributed by atoms with Crippen molar-refractivity contribution in [1.29, 1.82) is 0 Å². The van der Waals surface area contributed by atoms with E-state index in [4.69, 9.17) is 5.73 Å².